The molecule has 2 amide bonds. The van der Waals surface area contributed by atoms with Gasteiger partial charge in [-0.3, -0.25) is 19.4 Å². The minimum absolute atomic E-state index is 0.0690. The number of rotatable bonds is 6. The van der Waals surface area contributed by atoms with Crippen LogP contribution in [-0.4, -0.2) is 32.7 Å². The van der Waals surface area contributed by atoms with E-state index in [4.69, 9.17) is 0 Å². The fourth-order valence-corrected chi connectivity index (χ4v) is 3.52. The van der Waals surface area contributed by atoms with Crippen LogP contribution in [0, 0.1) is 13.8 Å². The Morgan fingerprint density at radius 1 is 1.07 bits per heavy atom. The molecule has 1 aromatic heterocycles. The summed E-state index contributed by atoms with van der Waals surface area (Å²) in [5.74, 6) is -0.399. The van der Waals surface area contributed by atoms with E-state index in [1.165, 1.54) is 6.92 Å². The molecule has 1 heterocycles. The van der Waals surface area contributed by atoms with Gasteiger partial charge in [0.15, 0.2) is 10.9 Å². The molecular weight excluding hydrogens is 402 g/mol. The third kappa shape index (κ3) is 5.32. The Hall–Kier alpha value is -3.46. The van der Waals surface area contributed by atoms with Crippen molar-refractivity contribution in [3.8, 4) is 11.3 Å². The van der Waals surface area contributed by atoms with Gasteiger partial charge in [-0.05, 0) is 37.6 Å². The van der Waals surface area contributed by atoms with Crippen LogP contribution in [-0.2, 0) is 9.59 Å². The van der Waals surface area contributed by atoms with E-state index in [1.807, 2.05) is 38.1 Å². The van der Waals surface area contributed by atoms with Gasteiger partial charge < -0.3 is 10.6 Å². The summed E-state index contributed by atoms with van der Waals surface area (Å²) in [5, 5.41) is 13.9. The predicted octanol–water partition coefficient (Wildman–Crippen LogP) is 3.14. The van der Waals surface area contributed by atoms with Crippen LogP contribution in [0.3, 0.4) is 0 Å². The normalized spacial score (nSPS) is 10.5. The summed E-state index contributed by atoms with van der Waals surface area (Å²) < 4.78 is 0. The Morgan fingerprint density at radius 2 is 1.80 bits per heavy atom. The third-order valence-corrected chi connectivity index (χ3v) is 4.97. The van der Waals surface area contributed by atoms with Gasteiger partial charge in [-0.2, -0.15) is 0 Å². The maximum atomic E-state index is 12.7. The largest absolute Gasteiger partial charge is 0.325 e. The number of anilines is 2. The van der Waals surface area contributed by atoms with E-state index in [9.17, 15) is 14.4 Å². The first-order chi connectivity index (χ1) is 14.3. The molecule has 3 N–H and O–H groups in total. The molecule has 0 aliphatic heterocycles. The first-order valence-corrected chi connectivity index (χ1v) is 10.2. The van der Waals surface area contributed by atoms with Crippen molar-refractivity contribution in [3.05, 3.63) is 63.9 Å². The average Bonchev–Trinajstić information content (AvgIpc) is 2.69. The lowest BCUT2D eigenvalue weighted by molar-refractivity contribution is -0.114. The minimum Gasteiger partial charge on any atom is -0.325 e. The number of aromatic amines is 1. The molecule has 0 aliphatic rings. The van der Waals surface area contributed by atoms with Crippen molar-refractivity contribution >= 4 is 35.0 Å². The second-order valence-electron chi connectivity index (χ2n) is 6.70. The van der Waals surface area contributed by atoms with Crippen LogP contribution >= 0.6 is 11.8 Å². The van der Waals surface area contributed by atoms with Crippen molar-refractivity contribution in [1.82, 2.24) is 15.2 Å². The number of nitrogens with one attached hydrogen (secondary N) is 3. The fourth-order valence-electron chi connectivity index (χ4n) is 2.91. The minimum atomic E-state index is -0.451. The lowest BCUT2D eigenvalue weighted by Gasteiger charge is -2.13. The monoisotopic (exact) mass is 423 g/mol. The number of thioether (sulfide) groups is 1. The van der Waals surface area contributed by atoms with Gasteiger partial charge in [-0.15, -0.1) is 10.2 Å². The average molecular weight is 423 g/mol. The Labute approximate surface area is 177 Å². The van der Waals surface area contributed by atoms with Crippen LogP contribution < -0.4 is 16.2 Å². The van der Waals surface area contributed by atoms with Gasteiger partial charge in [0.1, 0.15) is 0 Å². The maximum Gasteiger partial charge on any atom is 0.278 e. The molecule has 0 radical (unpaired) electrons. The Balaban J connectivity index is 1.78. The third-order valence-electron chi connectivity index (χ3n) is 4.11. The number of amides is 2. The van der Waals surface area contributed by atoms with E-state index >= 15 is 0 Å². The molecule has 0 atom stereocenters. The van der Waals surface area contributed by atoms with Gasteiger partial charge in [0.05, 0.1) is 11.4 Å². The highest BCUT2D eigenvalue weighted by atomic mass is 32.2. The van der Waals surface area contributed by atoms with E-state index in [2.05, 4.69) is 25.8 Å². The van der Waals surface area contributed by atoms with E-state index in [-0.39, 0.29) is 28.4 Å². The topological polar surface area (TPSA) is 117 Å². The summed E-state index contributed by atoms with van der Waals surface area (Å²) in [6.45, 7) is 5.14. The number of hydrogen-bond donors (Lipinski definition) is 3. The van der Waals surface area contributed by atoms with Crippen LogP contribution in [0.25, 0.3) is 11.3 Å². The summed E-state index contributed by atoms with van der Waals surface area (Å²) in [5.41, 5.74) is 3.10. The highest BCUT2D eigenvalue weighted by Gasteiger charge is 2.16. The lowest BCUT2D eigenvalue weighted by atomic mass is 10.0. The lowest BCUT2D eigenvalue weighted by Crippen LogP contribution is -2.18. The number of aromatic nitrogens is 3. The summed E-state index contributed by atoms with van der Waals surface area (Å²) in [6.07, 6.45) is 0. The number of benzene rings is 2. The first-order valence-electron chi connectivity index (χ1n) is 9.17. The van der Waals surface area contributed by atoms with E-state index in [0.29, 0.717) is 16.9 Å². The Morgan fingerprint density at radius 3 is 2.47 bits per heavy atom. The second-order valence-corrected chi connectivity index (χ2v) is 7.66. The van der Waals surface area contributed by atoms with Crippen molar-refractivity contribution in [3.63, 3.8) is 0 Å². The molecule has 0 fully saturated rings. The number of nitrogens with zero attached hydrogens (tertiary/aromatic N) is 2. The summed E-state index contributed by atoms with van der Waals surface area (Å²) in [6, 6.07) is 12.8. The quantitative estimate of drug-likeness (QED) is 0.525. The zero-order valence-electron chi connectivity index (χ0n) is 16.8. The molecule has 3 rings (SSSR count). The molecule has 30 heavy (non-hydrogen) atoms. The molecule has 0 bridgehead atoms. The number of para-hydroxylation sites is 1. The Bertz CT molecular complexity index is 1150. The summed E-state index contributed by atoms with van der Waals surface area (Å²) in [7, 11) is 0. The van der Waals surface area contributed by atoms with Crippen molar-refractivity contribution in [2.45, 2.75) is 25.9 Å². The van der Waals surface area contributed by atoms with Crippen molar-refractivity contribution < 1.29 is 9.59 Å². The van der Waals surface area contributed by atoms with Gasteiger partial charge in [0.2, 0.25) is 11.8 Å². The summed E-state index contributed by atoms with van der Waals surface area (Å²) in [4.78, 5) is 39.0. The van der Waals surface area contributed by atoms with E-state index < -0.39 is 5.56 Å². The molecule has 8 nitrogen and oxygen atoms in total. The smallest absolute Gasteiger partial charge is 0.278 e. The number of carbonyl (C=O) groups is 2. The molecule has 3 aromatic rings. The first kappa shape index (κ1) is 21.3. The van der Waals surface area contributed by atoms with Crippen molar-refractivity contribution in [2.75, 3.05) is 16.4 Å². The van der Waals surface area contributed by atoms with Gasteiger partial charge in [-0.1, -0.05) is 41.6 Å². The van der Waals surface area contributed by atoms with Gasteiger partial charge in [0, 0.05) is 18.2 Å². The van der Waals surface area contributed by atoms with Crippen LogP contribution in [0.2, 0.25) is 0 Å². The second kappa shape index (κ2) is 9.36. The molecule has 154 valence electrons. The molecule has 0 aliphatic carbocycles. The SMILES string of the molecule is CC(=O)Nc1c(C)cc(C)cc1-c1nnc(SCC(=O)Nc2ccccc2)[nH]c1=O. The molecule has 0 spiro atoms. The zero-order valence-corrected chi connectivity index (χ0v) is 17.6. The molecule has 2 aromatic carbocycles. The molecule has 9 heteroatoms. The predicted molar refractivity (Wildman–Crippen MR) is 118 cm³/mol. The fraction of sp³-hybridized carbons (Fsp3) is 0.190. The molecule has 0 unspecified atom stereocenters. The standard InChI is InChI=1S/C21H21N5O3S/c1-12-9-13(2)18(22-14(3)27)16(10-12)19-20(29)24-21(26-25-19)30-11-17(28)23-15-7-5-4-6-8-15/h4-10H,11H2,1-3H3,(H,22,27)(H,23,28)(H,24,26,29). The highest BCUT2D eigenvalue weighted by molar-refractivity contribution is 7.99. The molecular formula is C21H21N5O3S. The number of hydrogen-bond acceptors (Lipinski definition) is 6. The molecule has 0 saturated heterocycles. The van der Waals surface area contributed by atoms with Crippen LogP contribution in [0.5, 0.6) is 0 Å². The number of carbonyl (C=O) groups excluding carboxylic acids is 2. The van der Waals surface area contributed by atoms with Crippen molar-refractivity contribution in [1.29, 1.82) is 0 Å². The molecule has 0 saturated carbocycles. The zero-order chi connectivity index (χ0) is 21.7. The highest BCUT2D eigenvalue weighted by Crippen LogP contribution is 2.29. The van der Waals surface area contributed by atoms with Gasteiger partial charge in [-0.25, -0.2) is 0 Å². The van der Waals surface area contributed by atoms with Crippen LogP contribution in [0.15, 0.2) is 52.4 Å². The maximum absolute atomic E-state index is 12.7. The van der Waals surface area contributed by atoms with Crippen LogP contribution in [0.1, 0.15) is 18.1 Å². The summed E-state index contributed by atoms with van der Waals surface area (Å²) >= 11 is 1.08. The van der Waals surface area contributed by atoms with Gasteiger partial charge in [0.25, 0.3) is 5.56 Å². The van der Waals surface area contributed by atoms with E-state index in [0.717, 1.165) is 22.9 Å². The van der Waals surface area contributed by atoms with Crippen molar-refractivity contribution in [2.24, 2.45) is 0 Å². The number of H-pyrrole nitrogens is 1. The van der Waals surface area contributed by atoms with E-state index in [1.54, 1.807) is 18.2 Å². The Kier molecular flexibility index (Phi) is 6.63. The van der Waals surface area contributed by atoms with Gasteiger partial charge >= 0.3 is 0 Å². The van der Waals surface area contributed by atoms with Crippen LogP contribution in [0.4, 0.5) is 11.4 Å². The number of aryl methyl sites for hydroxylation is 2.